The summed E-state index contributed by atoms with van der Waals surface area (Å²) in [4.78, 5) is 43.4. The molecule has 7 nitrogen and oxygen atoms in total. The lowest BCUT2D eigenvalue weighted by Gasteiger charge is -2.26. The summed E-state index contributed by atoms with van der Waals surface area (Å²) in [6.07, 6.45) is -6.04. The number of para-hydroxylation sites is 1. The van der Waals surface area contributed by atoms with E-state index in [2.05, 4.69) is 15.6 Å². The number of rotatable bonds is 9. The Balaban J connectivity index is 1.69. The molecular formula is C27H28ClF3N4O3. The van der Waals surface area contributed by atoms with Gasteiger partial charge in [0.1, 0.15) is 0 Å². The number of benzodiazepines with no additional fused rings is 1. The molecule has 0 saturated heterocycles. The highest BCUT2D eigenvalue weighted by molar-refractivity contribution is 6.36. The van der Waals surface area contributed by atoms with Gasteiger partial charge >= 0.3 is 6.18 Å². The first-order valence-electron chi connectivity index (χ1n) is 12.3. The first-order chi connectivity index (χ1) is 17.9. The number of nitrogens with zero attached hydrogens (tertiary/aromatic N) is 1. The summed E-state index contributed by atoms with van der Waals surface area (Å²) in [5, 5.41) is 5.42. The third-order valence-corrected chi connectivity index (χ3v) is 7.12. The molecule has 11 heteroatoms. The van der Waals surface area contributed by atoms with Crippen molar-refractivity contribution in [1.29, 1.82) is 0 Å². The third-order valence-electron chi connectivity index (χ3n) is 6.80. The second-order valence-electron chi connectivity index (χ2n) is 9.86. The van der Waals surface area contributed by atoms with Crippen molar-refractivity contribution in [3.8, 4) is 0 Å². The van der Waals surface area contributed by atoms with Gasteiger partial charge in [-0.3, -0.25) is 14.4 Å². The Morgan fingerprint density at radius 2 is 1.89 bits per heavy atom. The van der Waals surface area contributed by atoms with Crippen molar-refractivity contribution in [3.63, 3.8) is 0 Å². The Kier molecular flexibility index (Phi) is 8.10. The van der Waals surface area contributed by atoms with Crippen LogP contribution in [0.15, 0.2) is 47.5 Å². The second-order valence-corrected chi connectivity index (χ2v) is 10.3. The van der Waals surface area contributed by atoms with Crippen molar-refractivity contribution in [2.45, 2.75) is 51.4 Å². The van der Waals surface area contributed by atoms with Crippen LogP contribution in [-0.4, -0.2) is 35.8 Å². The SMILES string of the molecule is Cc1cccc(C2=NC(NC(=O)C(CCC(F)(F)F)C(CC3CC3)C(N)=O)C(=O)Nc3c(Cl)cccc32)c1. The van der Waals surface area contributed by atoms with Crippen LogP contribution in [0.1, 0.15) is 48.8 Å². The Labute approximate surface area is 223 Å². The van der Waals surface area contributed by atoms with Crippen LogP contribution in [-0.2, 0) is 14.4 Å². The van der Waals surface area contributed by atoms with E-state index >= 15 is 0 Å². The maximum absolute atomic E-state index is 13.4. The number of halogens is 4. The number of hydrogen-bond acceptors (Lipinski definition) is 4. The third kappa shape index (κ3) is 6.72. The van der Waals surface area contributed by atoms with Gasteiger partial charge in [-0.05, 0) is 37.8 Å². The number of primary amides is 1. The van der Waals surface area contributed by atoms with Crippen LogP contribution >= 0.6 is 11.6 Å². The van der Waals surface area contributed by atoms with Gasteiger partial charge in [0.2, 0.25) is 18.0 Å². The van der Waals surface area contributed by atoms with Crippen molar-refractivity contribution in [3.05, 3.63) is 64.2 Å². The largest absolute Gasteiger partial charge is 0.389 e. The number of carbonyl (C=O) groups excluding carboxylic acids is 3. The Morgan fingerprint density at radius 3 is 2.53 bits per heavy atom. The fourth-order valence-electron chi connectivity index (χ4n) is 4.68. The number of aryl methyl sites for hydroxylation is 1. The second kappa shape index (κ2) is 11.1. The van der Waals surface area contributed by atoms with E-state index in [9.17, 15) is 27.6 Å². The Hall–Kier alpha value is -3.40. The maximum Gasteiger partial charge on any atom is 0.389 e. The van der Waals surface area contributed by atoms with Crippen molar-refractivity contribution in [2.24, 2.45) is 28.5 Å². The smallest absolute Gasteiger partial charge is 0.369 e. The minimum atomic E-state index is -4.53. The monoisotopic (exact) mass is 548 g/mol. The molecule has 0 bridgehead atoms. The highest BCUT2D eigenvalue weighted by Crippen LogP contribution is 2.39. The summed E-state index contributed by atoms with van der Waals surface area (Å²) >= 11 is 6.37. The van der Waals surface area contributed by atoms with E-state index in [0.29, 0.717) is 22.5 Å². The normalized spacial score (nSPS) is 18.9. The first-order valence-corrected chi connectivity index (χ1v) is 12.7. The van der Waals surface area contributed by atoms with Crippen LogP contribution in [0.4, 0.5) is 18.9 Å². The van der Waals surface area contributed by atoms with Gasteiger partial charge in [0.05, 0.1) is 16.4 Å². The molecule has 1 fully saturated rings. The average Bonchev–Trinajstić information content (AvgIpc) is 3.66. The molecule has 4 rings (SSSR count). The number of nitrogens with two attached hydrogens (primary N) is 1. The van der Waals surface area contributed by atoms with Gasteiger partial charge in [0.25, 0.3) is 5.91 Å². The van der Waals surface area contributed by atoms with E-state index in [1.54, 1.807) is 24.3 Å². The molecule has 38 heavy (non-hydrogen) atoms. The number of fused-ring (bicyclic) bond motifs is 1. The molecule has 0 radical (unpaired) electrons. The molecule has 2 aromatic rings. The van der Waals surface area contributed by atoms with Crippen molar-refractivity contribution in [1.82, 2.24) is 5.32 Å². The molecule has 3 unspecified atom stereocenters. The van der Waals surface area contributed by atoms with Gasteiger partial charge in [-0.1, -0.05) is 60.3 Å². The van der Waals surface area contributed by atoms with E-state index in [1.807, 2.05) is 25.1 Å². The fraction of sp³-hybridized carbons (Fsp3) is 0.407. The van der Waals surface area contributed by atoms with Crippen LogP contribution in [0, 0.1) is 24.7 Å². The number of benzene rings is 2. The van der Waals surface area contributed by atoms with E-state index in [-0.39, 0.29) is 17.4 Å². The van der Waals surface area contributed by atoms with Gasteiger partial charge in [-0.25, -0.2) is 4.99 Å². The summed E-state index contributed by atoms with van der Waals surface area (Å²) in [5.74, 6) is -4.77. The lowest BCUT2D eigenvalue weighted by Crippen LogP contribution is -2.48. The van der Waals surface area contributed by atoms with E-state index in [4.69, 9.17) is 17.3 Å². The highest BCUT2D eigenvalue weighted by Gasteiger charge is 2.41. The number of nitrogens with one attached hydrogen (secondary N) is 2. The highest BCUT2D eigenvalue weighted by atomic mass is 35.5. The van der Waals surface area contributed by atoms with E-state index in [1.165, 1.54) is 0 Å². The van der Waals surface area contributed by atoms with E-state index in [0.717, 1.165) is 18.4 Å². The quantitative estimate of drug-likeness (QED) is 0.420. The molecule has 202 valence electrons. The zero-order valence-corrected chi connectivity index (χ0v) is 21.4. The summed E-state index contributed by atoms with van der Waals surface area (Å²) in [6.45, 7) is 1.89. The van der Waals surface area contributed by atoms with Crippen molar-refractivity contribution >= 4 is 40.7 Å². The summed E-state index contributed by atoms with van der Waals surface area (Å²) in [5.41, 5.74) is 8.31. The molecule has 4 N–H and O–H groups in total. The van der Waals surface area contributed by atoms with Crippen molar-refractivity contribution < 1.29 is 27.6 Å². The molecule has 2 aliphatic rings. The summed E-state index contributed by atoms with van der Waals surface area (Å²) < 4.78 is 39.3. The summed E-state index contributed by atoms with van der Waals surface area (Å²) in [7, 11) is 0. The Morgan fingerprint density at radius 1 is 1.18 bits per heavy atom. The summed E-state index contributed by atoms with van der Waals surface area (Å²) in [6, 6.07) is 12.3. The molecule has 3 atom stereocenters. The molecule has 3 amide bonds. The molecule has 1 heterocycles. The number of anilines is 1. The maximum atomic E-state index is 13.4. The molecular weight excluding hydrogens is 521 g/mol. The van der Waals surface area contributed by atoms with Gasteiger partial charge in [-0.15, -0.1) is 0 Å². The molecule has 0 spiro atoms. The predicted molar refractivity (Wildman–Crippen MR) is 138 cm³/mol. The Bertz CT molecular complexity index is 1280. The fourth-order valence-corrected chi connectivity index (χ4v) is 4.91. The minimum Gasteiger partial charge on any atom is -0.369 e. The van der Waals surface area contributed by atoms with Gasteiger partial charge < -0.3 is 16.4 Å². The van der Waals surface area contributed by atoms with Crippen LogP contribution in [0.5, 0.6) is 0 Å². The molecule has 2 aromatic carbocycles. The van der Waals surface area contributed by atoms with Crippen LogP contribution < -0.4 is 16.4 Å². The molecule has 1 aliphatic heterocycles. The van der Waals surface area contributed by atoms with Crippen LogP contribution in [0.25, 0.3) is 0 Å². The minimum absolute atomic E-state index is 0.137. The predicted octanol–water partition coefficient (Wildman–Crippen LogP) is 4.74. The molecule has 1 saturated carbocycles. The zero-order valence-electron chi connectivity index (χ0n) is 20.6. The number of amides is 3. The van der Waals surface area contributed by atoms with Gasteiger partial charge in [0.15, 0.2) is 0 Å². The zero-order chi connectivity index (χ0) is 27.6. The standard InChI is InChI=1S/C27H28ClF3N4O3/c1-14-4-2-5-16(12-14)21-18-6-3-7-20(28)22(18)34-26(38)24(33-21)35-25(37)17(10-11-27(29,30)31)19(23(32)36)13-15-8-9-15/h2-7,12,15,17,19,24H,8-11,13H2,1H3,(H2,32,36)(H,34,38)(H,35,37). The lowest BCUT2D eigenvalue weighted by atomic mass is 9.83. The number of carbonyl (C=O) groups is 3. The van der Waals surface area contributed by atoms with Crippen molar-refractivity contribution in [2.75, 3.05) is 5.32 Å². The van der Waals surface area contributed by atoms with Gasteiger partial charge in [-0.2, -0.15) is 13.2 Å². The lowest BCUT2D eigenvalue weighted by molar-refractivity contribution is -0.146. The van der Waals surface area contributed by atoms with Gasteiger partial charge in [0, 0.05) is 29.4 Å². The van der Waals surface area contributed by atoms with Crippen LogP contribution in [0.2, 0.25) is 5.02 Å². The van der Waals surface area contributed by atoms with Crippen LogP contribution in [0.3, 0.4) is 0 Å². The topological polar surface area (TPSA) is 114 Å². The number of alkyl halides is 3. The van der Waals surface area contributed by atoms with E-state index < -0.39 is 54.7 Å². The average molecular weight is 549 g/mol. The first kappa shape index (κ1) is 27.6. The number of hydrogen-bond donors (Lipinski definition) is 3. The number of aliphatic imine (C=N–C) groups is 1. The molecule has 0 aromatic heterocycles. The molecule has 1 aliphatic carbocycles.